The zero-order valence-electron chi connectivity index (χ0n) is 9.85. The Morgan fingerprint density at radius 3 is 3.06 bits per heavy atom. The smallest absolute Gasteiger partial charge is 0.337 e. The molecule has 4 nitrogen and oxygen atoms in total. The summed E-state index contributed by atoms with van der Waals surface area (Å²) >= 11 is 0. The zero-order chi connectivity index (χ0) is 12.4. The lowest BCUT2D eigenvalue weighted by Gasteiger charge is -2.39. The zero-order valence-corrected chi connectivity index (χ0v) is 9.85. The first-order chi connectivity index (χ1) is 8.17. The third-order valence-electron chi connectivity index (χ3n) is 3.42. The van der Waals surface area contributed by atoms with E-state index < -0.39 is 12.1 Å². The number of hydrogen-bond donors (Lipinski definition) is 0. The molecule has 0 N–H and O–H groups in total. The van der Waals surface area contributed by atoms with Crippen LogP contribution in [0.2, 0.25) is 0 Å². The van der Waals surface area contributed by atoms with E-state index in [-0.39, 0.29) is 17.8 Å². The standard InChI is InChI=1S/C13H16O4/c1-3-4-5-8-6-11-10(12(14)16-2)7-9(8)13(15)17-11/h3,7-9,11H,1,4-6H2,2H3/t8-,9-,11-/m0/s1. The number of methoxy groups -OCH3 is 1. The van der Waals surface area contributed by atoms with Crippen molar-refractivity contribution < 1.29 is 19.1 Å². The number of rotatable bonds is 4. The highest BCUT2D eigenvalue weighted by Gasteiger charge is 2.45. The average molecular weight is 236 g/mol. The van der Waals surface area contributed by atoms with Crippen molar-refractivity contribution in [3.8, 4) is 0 Å². The molecule has 0 saturated carbocycles. The van der Waals surface area contributed by atoms with Gasteiger partial charge in [0, 0.05) is 0 Å². The minimum absolute atomic E-state index is 0.219. The van der Waals surface area contributed by atoms with Crippen LogP contribution in [0.15, 0.2) is 24.3 Å². The van der Waals surface area contributed by atoms with Gasteiger partial charge in [-0.3, -0.25) is 4.79 Å². The molecule has 2 aliphatic heterocycles. The monoisotopic (exact) mass is 236 g/mol. The van der Waals surface area contributed by atoms with Gasteiger partial charge < -0.3 is 9.47 Å². The molecule has 0 amide bonds. The summed E-state index contributed by atoms with van der Waals surface area (Å²) in [6.45, 7) is 3.68. The molecule has 2 bridgehead atoms. The molecule has 3 aliphatic rings. The lowest BCUT2D eigenvalue weighted by molar-refractivity contribution is -0.164. The van der Waals surface area contributed by atoms with Crippen LogP contribution >= 0.6 is 0 Å². The highest BCUT2D eigenvalue weighted by atomic mass is 16.6. The fourth-order valence-electron chi connectivity index (χ4n) is 2.52. The summed E-state index contributed by atoms with van der Waals surface area (Å²) in [5.74, 6) is -0.653. The minimum atomic E-state index is -0.422. The highest BCUT2D eigenvalue weighted by Crippen LogP contribution is 2.40. The normalized spacial score (nSPS) is 30.5. The second kappa shape index (κ2) is 4.73. The molecular weight excluding hydrogens is 220 g/mol. The lowest BCUT2D eigenvalue weighted by Crippen LogP contribution is -2.44. The fourth-order valence-corrected chi connectivity index (χ4v) is 2.52. The topological polar surface area (TPSA) is 52.6 Å². The van der Waals surface area contributed by atoms with E-state index in [9.17, 15) is 9.59 Å². The molecule has 0 spiro atoms. The first kappa shape index (κ1) is 11.9. The van der Waals surface area contributed by atoms with Crippen molar-refractivity contribution in [3.05, 3.63) is 24.3 Å². The van der Waals surface area contributed by atoms with Gasteiger partial charge in [-0.2, -0.15) is 0 Å². The molecule has 1 aliphatic carbocycles. The van der Waals surface area contributed by atoms with E-state index in [0.717, 1.165) is 12.8 Å². The predicted octanol–water partition coefficient (Wildman–Crippen LogP) is 1.61. The van der Waals surface area contributed by atoms with Gasteiger partial charge in [0.1, 0.15) is 6.10 Å². The molecule has 3 atom stereocenters. The van der Waals surface area contributed by atoms with Crippen LogP contribution in [-0.4, -0.2) is 25.2 Å². The number of esters is 2. The summed E-state index contributed by atoms with van der Waals surface area (Å²) in [5, 5.41) is 0. The summed E-state index contributed by atoms with van der Waals surface area (Å²) < 4.78 is 9.88. The molecule has 17 heavy (non-hydrogen) atoms. The van der Waals surface area contributed by atoms with Crippen molar-refractivity contribution >= 4 is 11.9 Å². The van der Waals surface area contributed by atoms with Gasteiger partial charge in [0.15, 0.2) is 0 Å². The molecule has 3 rings (SSSR count). The van der Waals surface area contributed by atoms with Crippen molar-refractivity contribution in [2.75, 3.05) is 7.11 Å². The molecular formula is C13H16O4. The van der Waals surface area contributed by atoms with Crippen LogP contribution in [-0.2, 0) is 19.1 Å². The van der Waals surface area contributed by atoms with E-state index in [0.29, 0.717) is 12.0 Å². The Morgan fingerprint density at radius 1 is 1.71 bits per heavy atom. The first-order valence-corrected chi connectivity index (χ1v) is 5.78. The van der Waals surface area contributed by atoms with Gasteiger partial charge in [0.05, 0.1) is 18.6 Å². The summed E-state index contributed by atoms with van der Waals surface area (Å²) in [6, 6.07) is 0. The Bertz CT molecular complexity index is 383. The fraction of sp³-hybridized carbons (Fsp3) is 0.538. The molecule has 2 heterocycles. The second-order valence-electron chi connectivity index (χ2n) is 4.43. The Hall–Kier alpha value is -1.58. The quantitative estimate of drug-likeness (QED) is 0.549. The highest BCUT2D eigenvalue weighted by molar-refractivity contribution is 5.93. The minimum Gasteiger partial charge on any atom is -0.466 e. The summed E-state index contributed by atoms with van der Waals surface area (Å²) in [7, 11) is 1.34. The molecule has 1 fully saturated rings. The van der Waals surface area contributed by atoms with Crippen LogP contribution in [0.1, 0.15) is 19.3 Å². The van der Waals surface area contributed by atoms with Crippen LogP contribution < -0.4 is 0 Å². The third kappa shape index (κ3) is 2.12. The lowest BCUT2D eigenvalue weighted by atomic mass is 9.74. The molecule has 0 aromatic heterocycles. The van der Waals surface area contributed by atoms with Gasteiger partial charge in [-0.05, 0) is 25.2 Å². The van der Waals surface area contributed by atoms with E-state index in [4.69, 9.17) is 4.74 Å². The summed E-state index contributed by atoms with van der Waals surface area (Å²) in [4.78, 5) is 23.1. The van der Waals surface area contributed by atoms with Crippen molar-refractivity contribution in [2.45, 2.75) is 25.4 Å². The Balaban J connectivity index is 2.17. The maximum Gasteiger partial charge on any atom is 0.337 e. The first-order valence-electron chi connectivity index (χ1n) is 5.78. The van der Waals surface area contributed by atoms with E-state index in [1.807, 2.05) is 6.08 Å². The molecule has 4 heteroatoms. The van der Waals surface area contributed by atoms with Gasteiger partial charge in [-0.25, -0.2) is 4.79 Å². The maximum atomic E-state index is 11.6. The van der Waals surface area contributed by atoms with Crippen molar-refractivity contribution in [2.24, 2.45) is 11.8 Å². The number of allylic oxidation sites excluding steroid dienone is 1. The Kier molecular flexibility index (Phi) is 3.31. The molecule has 92 valence electrons. The van der Waals surface area contributed by atoms with Gasteiger partial charge in [0.2, 0.25) is 0 Å². The molecule has 0 aromatic carbocycles. The number of carbonyl (C=O) groups is 2. The predicted molar refractivity (Wildman–Crippen MR) is 61.0 cm³/mol. The van der Waals surface area contributed by atoms with Crippen molar-refractivity contribution in [1.29, 1.82) is 0 Å². The SMILES string of the molecule is C=CCC[C@H]1C[C@@H]2OC(=O)[C@H]1C=C2C(=O)OC. The molecule has 1 saturated heterocycles. The summed E-state index contributed by atoms with van der Waals surface area (Å²) in [5.41, 5.74) is 0.493. The largest absolute Gasteiger partial charge is 0.466 e. The average Bonchev–Trinajstić information content (AvgIpc) is 2.35. The van der Waals surface area contributed by atoms with Gasteiger partial charge in [-0.15, -0.1) is 6.58 Å². The maximum absolute atomic E-state index is 11.6. The number of hydrogen-bond acceptors (Lipinski definition) is 4. The van der Waals surface area contributed by atoms with Gasteiger partial charge in [0.25, 0.3) is 0 Å². The molecule has 0 aromatic rings. The Labute approximate surface area is 100 Å². The number of fused-ring (bicyclic) bond motifs is 2. The van der Waals surface area contributed by atoms with E-state index in [1.54, 1.807) is 6.08 Å². The van der Waals surface area contributed by atoms with E-state index in [1.165, 1.54) is 7.11 Å². The van der Waals surface area contributed by atoms with Crippen LogP contribution in [0.5, 0.6) is 0 Å². The third-order valence-corrected chi connectivity index (χ3v) is 3.42. The van der Waals surface area contributed by atoms with E-state index >= 15 is 0 Å². The van der Waals surface area contributed by atoms with Crippen LogP contribution in [0.25, 0.3) is 0 Å². The summed E-state index contributed by atoms with van der Waals surface area (Å²) in [6.07, 6.45) is 5.64. The van der Waals surface area contributed by atoms with Crippen molar-refractivity contribution in [3.63, 3.8) is 0 Å². The van der Waals surface area contributed by atoms with Gasteiger partial charge >= 0.3 is 11.9 Å². The van der Waals surface area contributed by atoms with Crippen LogP contribution in [0, 0.1) is 11.8 Å². The van der Waals surface area contributed by atoms with E-state index in [2.05, 4.69) is 11.3 Å². The molecule has 0 radical (unpaired) electrons. The van der Waals surface area contributed by atoms with Crippen molar-refractivity contribution in [1.82, 2.24) is 0 Å². The Morgan fingerprint density at radius 2 is 2.47 bits per heavy atom. The number of ether oxygens (including phenoxy) is 2. The molecule has 0 unspecified atom stereocenters. The van der Waals surface area contributed by atoms with Crippen LogP contribution in [0.4, 0.5) is 0 Å². The van der Waals surface area contributed by atoms with Crippen LogP contribution in [0.3, 0.4) is 0 Å². The number of carbonyl (C=O) groups excluding carboxylic acids is 2. The van der Waals surface area contributed by atoms with Gasteiger partial charge in [-0.1, -0.05) is 12.2 Å². The second-order valence-corrected chi connectivity index (χ2v) is 4.43.